The van der Waals surface area contributed by atoms with Gasteiger partial charge in [-0.1, -0.05) is 37.3 Å². The fourth-order valence-corrected chi connectivity index (χ4v) is 1.79. The Labute approximate surface area is 103 Å². The number of carboxylic acids is 1. The van der Waals surface area contributed by atoms with Crippen LogP contribution in [0.4, 0.5) is 0 Å². The van der Waals surface area contributed by atoms with E-state index in [0.717, 1.165) is 6.54 Å². The first-order valence-electron chi connectivity index (χ1n) is 6.11. The maximum absolute atomic E-state index is 10.4. The number of nitrogens with one attached hydrogen (secondary N) is 1. The van der Waals surface area contributed by atoms with Gasteiger partial charge in [0.25, 0.3) is 0 Å². The molecule has 0 spiro atoms. The minimum absolute atomic E-state index is 0.236. The van der Waals surface area contributed by atoms with E-state index >= 15 is 0 Å². The summed E-state index contributed by atoms with van der Waals surface area (Å²) in [6.45, 7) is 5.08. The summed E-state index contributed by atoms with van der Waals surface area (Å²) in [6, 6.07) is 10.7. The Kier molecular flexibility index (Phi) is 5.70. The van der Waals surface area contributed by atoms with Crippen molar-refractivity contribution in [1.82, 2.24) is 5.32 Å². The van der Waals surface area contributed by atoms with Crippen LogP contribution < -0.4 is 5.32 Å². The minimum atomic E-state index is -0.726. The van der Waals surface area contributed by atoms with Gasteiger partial charge in [0.15, 0.2) is 0 Å². The summed E-state index contributed by atoms with van der Waals surface area (Å²) < 4.78 is 0. The third kappa shape index (κ3) is 5.00. The Bertz CT molecular complexity index is 337. The molecule has 0 aliphatic heterocycles. The number of carbonyl (C=O) groups is 1. The van der Waals surface area contributed by atoms with Crippen molar-refractivity contribution in [2.24, 2.45) is 0 Å². The van der Waals surface area contributed by atoms with Crippen molar-refractivity contribution in [3.8, 4) is 0 Å². The van der Waals surface area contributed by atoms with Gasteiger partial charge >= 0.3 is 5.97 Å². The molecule has 0 aliphatic carbocycles. The molecule has 2 unspecified atom stereocenters. The van der Waals surface area contributed by atoms with E-state index < -0.39 is 5.97 Å². The molecular weight excluding hydrogens is 214 g/mol. The SMILES string of the molecule is CC(NCCCC(=O)O)C(C)c1ccccc1. The van der Waals surface area contributed by atoms with Gasteiger partial charge in [-0.05, 0) is 31.4 Å². The van der Waals surface area contributed by atoms with E-state index in [1.54, 1.807) is 0 Å². The zero-order valence-electron chi connectivity index (χ0n) is 10.5. The molecule has 1 aromatic carbocycles. The quantitative estimate of drug-likeness (QED) is 0.714. The number of hydrogen-bond acceptors (Lipinski definition) is 2. The third-order valence-corrected chi connectivity index (χ3v) is 3.11. The van der Waals surface area contributed by atoms with Gasteiger partial charge in [-0.2, -0.15) is 0 Å². The van der Waals surface area contributed by atoms with Crippen LogP contribution in [-0.4, -0.2) is 23.7 Å². The van der Waals surface area contributed by atoms with Crippen LogP contribution in [0.25, 0.3) is 0 Å². The fourth-order valence-electron chi connectivity index (χ4n) is 1.79. The van der Waals surface area contributed by atoms with Gasteiger partial charge in [0.05, 0.1) is 0 Å². The molecule has 0 aromatic heterocycles. The standard InChI is InChI=1S/C14H21NO2/c1-11(13-7-4-3-5-8-13)12(2)15-10-6-9-14(16)17/h3-5,7-8,11-12,15H,6,9-10H2,1-2H3,(H,16,17). The fraction of sp³-hybridized carbons (Fsp3) is 0.500. The maximum Gasteiger partial charge on any atom is 0.303 e. The average Bonchev–Trinajstić information content (AvgIpc) is 2.34. The van der Waals surface area contributed by atoms with Crippen LogP contribution >= 0.6 is 0 Å². The predicted octanol–water partition coefficient (Wildman–Crippen LogP) is 2.63. The first-order valence-corrected chi connectivity index (χ1v) is 6.11. The number of benzene rings is 1. The van der Waals surface area contributed by atoms with Crippen LogP contribution in [0.15, 0.2) is 30.3 Å². The number of rotatable bonds is 7. The molecule has 2 N–H and O–H groups in total. The molecule has 0 saturated heterocycles. The van der Waals surface area contributed by atoms with Gasteiger partial charge in [-0.3, -0.25) is 4.79 Å². The maximum atomic E-state index is 10.4. The van der Waals surface area contributed by atoms with Gasteiger partial charge in [-0.15, -0.1) is 0 Å². The molecule has 3 heteroatoms. The normalized spacial score (nSPS) is 14.2. The zero-order chi connectivity index (χ0) is 12.7. The Morgan fingerprint density at radius 1 is 1.29 bits per heavy atom. The molecule has 0 saturated carbocycles. The van der Waals surface area contributed by atoms with E-state index in [0.29, 0.717) is 18.4 Å². The number of hydrogen-bond donors (Lipinski definition) is 2. The van der Waals surface area contributed by atoms with Crippen molar-refractivity contribution in [3.05, 3.63) is 35.9 Å². The van der Waals surface area contributed by atoms with E-state index in [2.05, 4.69) is 31.3 Å². The second-order valence-corrected chi connectivity index (χ2v) is 4.44. The highest BCUT2D eigenvalue weighted by atomic mass is 16.4. The smallest absolute Gasteiger partial charge is 0.303 e. The molecule has 0 bridgehead atoms. The van der Waals surface area contributed by atoms with E-state index in [1.807, 2.05) is 18.2 Å². The molecule has 0 fully saturated rings. The number of aliphatic carboxylic acids is 1. The lowest BCUT2D eigenvalue weighted by molar-refractivity contribution is -0.137. The molecule has 0 amide bonds. The molecule has 1 rings (SSSR count). The van der Waals surface area contributed by atoms with Crippen molar-refractivity contribution in [3.63, 3.8) is 0 Å². The summed E-state index contributed by atoms with van der Waals surface area (Å²) in [4.78, 5) is 10.4. The predicted molar refractivity (Wildman–Crippen MR) is 69.2 cm³/mol. The van der Waals surface area contributed by atoms with Crippen molar-refractivity contribution in [1.29, 1.82) is 0 Å². The Morgan fingerprint density at radius 3 is 2.53 bits per heavy atom. The van der Waals surface area contributed by atoms with E-state index in [4.69, 9.17) is 5.11 Å². The second-order valence-electron chi connectivity index (χ2n) is 4.44. The van der Waals surface area contributed by atoms with Crippen molar-refractivity contribution >= 4 is 5.97 Å². The molecular formula is C14H21NO2. The lowest BCUT2D eigenvalue weighted by atomic mass is 9.94. The summed E-state index contributed by atoms with van der Waals surface area (Å²) in [5.41, 5.74) is 1.31. The van der Waals surface area contributed by atoms with Gasteiger partial charge in [0, 0.05) is 12.5 Å². The van der Waals surface area contributed by atoms with Crippen LogP contribution in [-0.2, 0) is 4.79 Å². The molecule has 0 heterocycles. The summed E-state index contributed by atoms with van der Waals surface area (Å²) in [7, 11) is 0. The Hall–Kier alpha value is -1.35. The van der Waals surface area contributed by atoms with Crippen molar-refractivity contribution < 1.29 is 9.90 Å². The first kappa shape index (κ1) is 13.7. The molecule has 1 aromatic rings. The summed E-state index contributed by atoms with van der Waals surface area (Å²) >= 11 is 0. The van der Waals surface area contributed by atoms with Crippen LogP contribution in [0.1, 0.15) is 38.2 Å². The van der Waals surface area contributed by atoms with Crippen LogP contribution in [0.5, 0.6) is 0 Å². The Balaban J connectivity index is 2.32. The average molecular weight is 235 g/mol. The first-order chi connectivity index (χ1) is 8.11. The third-order valence-electron chi connectivity index (χ3n) is 3.11. The molecule has 0 aliphatic rings. The highest BCUT2D eigenvalue weighted by Crippen LogP contribution is 2.18. The molecule has 3 nitrogen and oxygen atoms in total. The van der Waals surface area contributed by atoms with Crippen LogP contribution in [0.2, 0.25) is 0 Å². The van der Waals surface area contributed by atoms with E-state index in [9.17, 15) is 4.79 Å². The second kappa shape index (κ2) is 7.07. The van der Waals surface area contributed by atoms with Gasteiger partial charge in [-0.25, -0.2) is 0 Å². The lowest BCUT2D eigenvalue weighted by Crippen LogP contribution is -2.31. The van der Waals surface area contributed by atoms with Gasteiger partial charge in [0.2, 0.25) is 0 Å². The Morgan fingerprint density at radius 2 is 1.94 bits per heavy atom. The molecule has 2 atom stereocenters. The monoisotopic (exact) mass is 235 g/mol. The zero-order valence-corrected chi connectivity index (χ0v) is 10.5. The number of carboxylic acid groups (broad SMARTS) is 1. The van der Waals surface area contributed by atoms with Gasteiger partial charge in [0.1, 0.15) is 0 Å². The summed E-state index contributed by atoms with van der Waals surface area (Å²) in [6.07, 6.45) is 0.917. The van der Waals surface area contributed by atoms with Crippen molar-refractivity contribution in [2.45, 2.75) is 38.6 Å². The van der Waals surface area contributed by atoms with Crippen LogP contribution in [0.3, 0.4) is 0 Å². The van der Waals surface area contributed by atoms with Gasteiger partial charge < -0.3 is 10.4 Å². The highest BCUT2D eigenvalue weighted by molar-refractivity contribution is 5.66. The summed E-state index contributed by atoms with van der Waals surface area (Å²) in [5, 5.41) is 11.9. The topological polar surface area (TPSA) is 49.3 Å². The van der Waals surface area contributed by atoms with E-state index in [1.165, 1.54) is 5.56 Å². The molecule has 17 heavy (non-hydrogen) atoms. The summed E-state index contributed by atoms with van der Waals surface area (Å²) in [5.74, 6) is -0.295. The lowest BCUT2D eigenvalue weighted by Gasteiger charge is -2.21. The molecule has 0 radical (unpaired) electrons. The molecule has 94 valence electrons. The van der Waals surface area contributed by atoms with E-state index in [-0.39, 0.29) is 6.42 Å². The van der Waals surface area contributed by atoms with Crippen molar-refractivity contribution in [2.75, 3.05) is 6.54 Å². The minimum Gasteiger partial charge on any atom is -0.481 e. The van der Waals surface area contributed by atoms with Crippen LogP contribution in [0, 0.1) is 0 Å². The largest absolute Gasteiger partial charge is 0.481 e. The highest BCUT2D eigenvalue weighted by Gasteiger charge is 2.12.